The zero-order valence-corrected chi connectivity index (χ0v) is 16.1. The summed E-state index contributed by atoms with van der Waals surface area (Å²) in [6.07, 6.45) is 4.31. The molecule has 1 amide bonds. The number of anilines is 1. The number of hydrogen-bond donors (Lipinski definition) is 1. The second kappa shape index (κ2) is 7.73. The Morgan fingerprint density at radius 3 is 2.72 bits per heavy atom. The van der Waals surface area contributed by atoms with Crippen molar-refractivity contribution in [2.45, 2.75) is 31.7 Å². The first-order valence-corrected chi connectivity index (χ1v) is 9.61. The number of benzene rings is 1. The zero-order valence-electron chi connectivity index (χ0n) is 16.1. The lowest BCUT2D eigenvalue weighted by Crippen LogP contribution is -2.53. The topological polar surface area (TPSA) is 96.1 Å². The molecule has 154 valence electrons. The lowest BCUT2D eigenvalue weighted by Gasteiger charge is -2.37. The van der Waals surface area contributed by atoms with Crippen LogP contribution in [0.1, 0.15) is 36.0 Å². The van der Waals surface area contributed by atoms with Crippen molar-refractivity contribution in [1.29, 1.82) is 0 Å². The molecule has 1 saturated heterocycles. The highest BCUT2D eigenvalue weighted by Gasteiger charge is 2.35. The van der Waals surface area contributed by atoms with Crippen LogP contribution in [-0.4, -0.2) is 59.8 Å². The summed E-state index contributed by atoms with van der Waals surface area (Å²) in [4.78, 5) is 28.2. The molecule has 1 aromatic carbocycles. The molecule has 0 unspecified atom stereocenters. The van der Waals surface area contributed by atoms with Gasteiger partial charge in [-0.2, -0.15) is 0 Å². The van der Waals surface area contributed by atoms with E-state index in [1.54, 1.807) is 4.90 Å². The SMILES string of the molecule is COc1cc(-c2onc(N3CCN(C4CCCC4)C(=O)C3)c2C(=O)O)ccc1F. The van der Waals surface area contributed by atoms with Gasteiger partial charge in [0.1, 0.15) is 0 Å². The molecule has 8 nitrogen and oxygen atoms in total. The fourth-order valence-electron chi connectivity index (χ4n) is 4.16. The van der Waals surface area contributed by atoms with Crippen LogP contribution in [0.25, 0.3) is 11.3 Å². The number of amides is 1. The molecular weight excluding hydrogens is 381 g/mol. The molecule has 2 fully saturated rings. The van der Waals surface area contributed by atoms with Crippen molar-refractivity contribution < 1.29 is 28.3 Å². The summed E-state index contributed by atoms with van der Waals surface area (Å²) >= 11 is 0. The van der Waals surface area contributed by atoms with E-state index < -0.39 is 11.8 Å². The van der Waals surface area contributed by atoms with Gasteiger partial charge in [0.05, 0.1) is 13.7 Å². The van der Waals surface area contributed by atoms with E-state index in [2.05, 4.69) is 5.16 Å². The summed E-state index contributed by atoms with van der Waals surface area (Å²) < 4.78 is 24.0. The largest absolute Gasteiger partial charge is 0.494 e. The number of hydrogen-bond acceptors (Lipinski definition) is 6. The van der Waals surface area contributed by atoms with Crippen molar-refractivity contribution in [3.8, 4) is 17.1 Å². The number of methoxy groups -OCH3 is 1. The normalized spacial score (nSPS) is 17.8. The van der Waals surface area contributed by atoms with Gasteiger partial charge in [-0.05, 0) is 31.0 Å². The number of ether oxygens (including phenoxy) is 1. The first-order chi connectivity index (χ1) is 14.0. The van der Waals surface area contributed by atoms with Crippen molar-refractivity contribution in [1.82, 2.24) is 10.1 Å². The van der Waals surface area contributed by atoms with Gasteiger partial charge in [-0.25, -0.2) is 9.18 Å². The molecular formula is C20H22FN3O5. The van der Waals surface area contributed by atoms with Crippen LogP contribution in [0.3, 0.4) is 0 Å². The molecule has 1 aliphatic heterocycles. The van der Waals surface area contributed by atoms with Crippen molar-refractivity contribution >= 4 is 17.7 Å². The highest BCUT2D eigenvalue weighted by Crippen LogP contribution is 2.35. The summed E-state index contributed by atoms with van der Waals surface area (Å²) in [5.74, 6) is -1.76. The van der Waals surface area contributed by atoms with Crippen molar-refractivity contribution in [2.24, 2.45) is 0 Å². The Labute approximate surface area is 166 Å². The second-order valence-electron chi connectivity index (χ2n) is 7.31. The van der Waals surface area contributed by atoms with Crippen LogP contribution in [0.5, 0.6) is 5.75 Å². The molecule has 2 aromatic rings. The van der Waals surface area contributed by atoms with Gasteiger partial charge in [0.2, 0.25) is 5.91 Å². The standard InChI is InChI=1S/C20H22FN3O5/c1-28-15-10-12(6-7-14(15)21)18-17(20(26)27)19(22-29-18)23-8-9-24(16(25)11-23)13-4-2-3-5-13/h6-7,10,13H,2-5,8-9,11H2,1H3,(H,26,27). The molecule has 1 aliphatic carbocycles. The van der Waals surface area contributed by atoms with Crippen LogP contribution in [0.2, 0.25) is 0 Å². The van der Waals surface area contributed by atoms with Gasteiger partial charge in [0.15, 0.2) is 28.7 Å². The first kappa shape index (κ1) is 19.2. The molecule has 1 N–H and O–H groups in total. The van der Waals surface area contributed by atoms with Crippen LogP contribution >= 0.6 is 0 Å². The number of rotatable bonds is 5. The van der Waals surface area contributed by atoms with E-state index in [1.807, 2.05) is 4.90 Å². The zero-order chi connectivity index (χ0) is 20.5. The van der Waals surface area contributed by atoms with Crippen LogP contribution in [0, 0.1) is 5.82 Å². The predicted octanol–water partition coefficient (Wildman–Crippen LogP) is 2.78. The van der Waals surface area contributed by atoms with Crippen molar-refractivity contribution in [2.75, 3.05) is 31.6 Å². The molecule has 2 heterocycles. The fraction of sp³-hybridized carbons (Fsp3) is 0.450. The fourth-order valence-corrected chi connectivity index (χ4v) is 4.16. The average Bonchev–Trinajstić information content (AvgIpc) is 3.38. The van der Waals surface area contributed by atoms with E-state index in [-0.39, 0.29) is 41.4 Å². The molecule has 9 heteroatoms. The Kier molecular flexibility index (Phi) is 5.12. The van der Waals surface area contributed by atoms with Gasteiger partial charge in [0.25, 0.3) is 0 Å². The minimum absolute atomic E-state index is 0.00327. The van der Waals surface area contributed by atoms with E-state index in [0.29, 0.717) is 18.7 Å². The van der Waals surface area contributed by atoms with Gasteiger partial charge in [0, 0.05) is 24.7 Å². The number of carbonyl (C=O) groups excluding carboxylic acids is 1. The van der Waals surface area contributed by atoms with Gasteiger partial charge >= 0.3 is 5.97 Å². The molecule has 29 heavy (non-hydrogen) atoms. The third kappa shape index (κ3) is 3.52. The predicted molar refractivity (Wildman–Crippen MR) is 102 cm³/mol. The van der Waals surface area contributed by atoms with Crippen LogP contribution < -0.4 is 9.64 Å². The number of carboxylic acid groups (broad SMARTS) is 1. The lowest BCUT2D eigenvalue weighted by atomic mass is 10.1. The molecule has 1 aromatic heterocycles. The Hall–Kier alpha value is -3.10. The maximum absolute atomic E-state index is 13.7. The molecule has 0 atom stereocenters. The molecule has 4 rings (SSSR count). The third-order valence-corrected chi connectivity index (χ3v) is 5.62. The average molecular weight is 403 g/mol. The molecule has 0 radical (unpaired) electrons. The maximum Gasteiger partial charge on any atom is 0.343 e. The Balaban J connectivity index is 1.62. The second-order valence-corrected chi connectivity index (χ2v) is 7.31. The molecule has 1 saturated carbocycles. The van der Waals surface area contributed by atoms with Gasteiger partial charge in [-0.1, -0.05) is 18.0 Å². The van der Waals surface area contributed by atoms with Crippen molar-refractivity contribution in [3.05, 3.63) is 29.6 Å². The Morgan fingerprint density at radius 1 is 1.31 bits per heavy atom. The number of aromatic carboxylic acids is 1. The highest BCUT2D eigenvalue weighted by molar-refractivity contribution is 6.00. The lowest BCUT2D eigenvalue weighted by molar-refractivity contribution is -0.133. The Bertz CT molecular complexity index is 938. The smallest absolute Gasteiger partial charge is 0.343 e. The monoisotopic (exact) mass is 403 g/mol. The number of piperazine rings is 1. The minimum atomic E-state index is -1.23. The molecule has 0 bridgehead atoms. The number of nitrogens with zero attached hydrogens (tertiary/aromatic N) is 3. The summed E-state index contributed by atoms with van der Waals surface area (Å²) in [5, 5.41) is 13.7. The van der Waals surface area contributed by atoms with E-state index in [1.165, 1.54) is 25.3 Å². The summed E-state index contributed by atoms with van der Waals surface area (Å²) in [5.41, 5.74) is 0.177. The van der Waals surface area contributed by atoms with Gasteiger partial charge in [-0.3, -0.25) is 4.79 Å². The van der Waals surface area contributed by atoms with Crippen LogP contribution in [0.4, 0.5) is 10.2 Å². The number of halogens is 1. The number of carbonyl (C=O) groups is 2. The summed E-state index contributed by atoms with van der Waals surface area (Å²) in [6.45, 7) is 1.05. The van der Waals surface area contributed by atoms with E-state index >= 15 is 0 Å². The van der Waals surface area contributed by atoms with Crippen LogP contribution in [0.15, 0.2) is 22.7 Å². The van der Waals surface area contributed by atoms with Crippen LogP contribution in [-0.2, 0) is 4.79 Å². The maximum atomic E-state index is 13.7. The van der Waals surface area contributed by atoms with Gasteiger partial charge < -0.3 is 24.2 Å². The minimum Gasteiger partial charge on any atom is -0.494 e. The number of aromatic nitrogens is 1. The quantitative estimate of drug-likeness (QED) is 0.820. The molecule has 2 aliphatic rings. The first-order valence-electron chi connectivity index (χ1n) is 9.61. The third-order valence-electron chi connectivity index (χ3n) is 5.62. The van der Waals surface area contributed by atoms with Gasteiger partial charge in [-0.15, -0.1) is 0 Å². The van der Waals surface area contributed by atoms with E-state index in [9.17, 15) is 19.1 Å². The van der Waals surface area contributed by atoms with E-state index in [0.717, 1.165) is 25.7 Å². The molecule has 0 spiro atoms. The van der Waals surface area contributed by atoms with Crippen molar-refractivity contribution in [3.63, 3.8) is 0 Å². The Morgan fingerprint density at radius 2 is 2.07 bits per heavy atom. The number of carboxylic acids is 1. The highest BCUT2D eigenvalue weighted by atomic mass is 19.1. The summed E-state index contributed by atoms with van der Waals surface area (Å²) in [7, 11) is 1.32. The van der Waals surface area contributed by atoms with E-state index in [4.69, 9.17) is 9.26 Å². The summed E-state index contributed by atoms with van der Waals surface area (Å²) in [6, 6.07) is 4.21.